The average Bonchev–Trinajstić information content (AvgIpc) is 3.10. The molecule has 0 unspecified atom stereocenters. The zero-order valence-corrected chi connectivity index (χ0v) is 11.6. The molecule has 0 atom stereocenters. The molecule has 3 aromatic rings. The van der Waals surface area contributed by atoms with E-state index in [0.717, 1.165) is 5.56 Å². The third kappa shape index (κ3) is 2.71. The van der Waals surface area contributed by atoms with Crippen molar-refractivity contribution in [2.45, 2.75) is 0 Å². The van der Waals surface area contributed by atoms with E-state index >= 15 is 0 Å². The lowest BCUT2D eigenvalue weighted by atomic mass is 10.2. The average molecular weight is 306 g/mol. The molecule has 0 radical (unpaired) electrons. The van der Waals surface area contributed by atoms with Crippen LogP contribution in [0.3, 0.4) is 0 Å². The predicted octanol–water partition coefficient (Wildman–Crippen LogP) is 3.70. The van der Waals surface area contributed by atoms with Crippen molar-refractivity contribution in [3.05, 3.63) is 52.7 Å². The van der Waals surface area contributed by atoms with Gasteiger partial charge in [-0.05, 0) is 36.4 Å². The summed E-state index contributed by atoms with van der Waals surface area (Å²) in [5.74, 6) is 0.455. The number of hydrogen-bond donors (Lipinski definition) is 1. The number of furan rings is 1. The molecule has 100 valence electrons. The fraction of sp³-hybridized carbons (Fsp3) is 0. The number of rotatable bonds is 3. The molecular weight excluding hydrogens is 298 g/mol. The highest BCUT2D eigenvalue weighted by molar-refractivity contribution is 7.13. The Balaban J connectivity index is 1.79. The highest BCUT2D eigenvalue weighted by atomic mass is 35.5. The van der Waals surface area contributed by atoms with E-state index in [-0.39, 0.29) is 11.7 Å². The number of halogens is 1. The monoisotopic (exact) mass is 305 g/mol. The minimum absolute atomic E-state index is 0.213. The van der Waals surface area contributed by atoms with Crippen LogP contribution in [0.4, 0.5) is 5.13 Å². The molecular formula is C13H8ClN3O2S. The summed E-state index contributed by atoms with van der Waals surface area (Å²) in [6.07, 6.45) is 0. The quantitative estimate of drug-likeness (QED) is 0.801. The fourth-order valence-corrected chi connectivity index (χ4v) is 2.18. The second-order valence-corrected chi connectivity index (χ2v) is 5.14. The van der Waals surface area contributed by atoms with Crippen molar-refractivity contribution in [1.29, 1.82) is 0 Å². The van der Waals surface area contributed by atoms with Crippen molar-refractivity contribution in [2.75, 3.05) is 5.32 Å². The molecule has 0 aliphatic carbocycles. The van der Waals surface area contributed by atoms with Crippen molar-refractivity contribution in [2.24, 2.45) is 0 Å². The molecule has 1 N–H and O–H groups in total. The lowest BCUT2D eigenvalue weighted by Gasteiger charge is -1.98. The maximum absolute atomic E-state index is 11.9. The lowest BCUT2D eigenvalue weighted by Crippen LogP contribution is -2.10. The van der Waals surface area contributed by atoms with Gasteiger partial charge < -0.3 is 4.42 Å². The molecule has 0 spiro atoms. The first-order valence-corrected chi connectivity index (χ1v) is 6.91. The van der Waals surface area contributed by atoms with E-state index in [2.05, 4.69) is 15.5 Å². The Kier molecular flexibility index (Phi) is 3.49. The van der Waals surface area contributed by atoms with Gasteiger partial charge in [0.1, 0.15) is 11.3 Å². The van der Waals surface area contributed by atoms with Crippen LogP contribution in [-0.2, 0) is 0 Å². The lowest BCUT2D eigenvalue weighted by molar-refractivity contribution is 0.0997. The molecule has 0 bridgehead atoms. The van der Waals surface area contributed by atoms with Gasteiger partial charge in [-0.2, -0.15) is 0 Å². The molecule has 3 rings (SSSR count). The topological polar surface area (TPSA) is 68.0 Å². The van der Waals surface area contributed by atoms with Gasteiger partial charge in [-0.3, -0.25) is 10.1 Å². The molecule has 5 nitrogen and oxygen atoms in total. The molecule has 1 aromatic carbocycles. The SMILES string of the molecule is O=C(Nc1nncs1)c1ccc(-c2ccc(Cl)cc2)o1. The van der Waals surface area contributed by atoms with Crippen molar-refractivity contribution in [3.8, 4) is 11.3 Å². The van der Waals surface area contributed by atoms with Crippen LogP contribution in [0.1, 0.15) is 10.6 Å². The third-order valence-corrected chi connectivity index (χ3v) is 3.40. The zero-order valence-electron chi connectivity index (χ0n) is 10.0. The highest BCUT2D eigenvalue weighted by Gasteiger charge is 2.13. The van der Waals surface area contributed by atoms with Crippen molar-refractivity contribution < 1.29 is 9.21 Å². The van der Waals surface area contributed by atoms with E-state index < -0.39 is 0 Å². The Bertz CT molecular complexity index is 722. The van der Waals surface area contributed by atoms with Gasteiger partial charge in [0.25, 0.3) is 5.91 Å². The molecule has 0 aliphatic rings. The Morgan fingerprint density at radius 1 is 1.20 bits per heavy atom. The number of hydrogen-bond acceptors (Lipinski definition) is 5. The van der Waals surface area contributed by atoms with Gasteiger partial charge in [0, 0.05) is 10.6 Å². The van der Waals surface area contributed by atoms with Crippen LogP contribution in [-0.4, -0.2) is 16.1 Å². The molecule has 7 heteroatoms. The summed E-state index contributed by atoms with van der Waals surface area (Å²) in [5, 5.41) is 11.1. The van der Waals surface area contributed by atoms with Gasteiger partial charge in [-0.25, -0.2) is 0 Å². The van der Waals surface area contributed by atoms with Gasteiger partial charge in [-0.15, -0.1) is 10.2 Å². The first kappa shape index (κ1) is 12.8. The molecule has 0 saturated carbocycles. The van der Waals surface area contributed by atoms with Crippen LogP contribution in [0.2, 0.25) is 5.02 Å². The molecule has 0 saturated heterocycles. The van der Waals surface area contributed by atoms with Gasteiger partial charge >= 0.3 is 0 Å². The summed E-state index contributed by atoms with van der Waals surface area (Å²) in [4.78, 5) is 11.9. The Morgan fingerprint density at radius 2 is 2.00 bits per heavy atom. The molecule has 1 amide bonds. The van der Waals surface area contributed by atoms with Crippen LogP contribution in [0.5, 0.6) is 0 Å². The fourth-order valence-electron chi connectivity index (χ4n) is 1.62. The maximum atomic E-state index is 11.9. The van der Waals surface area contributed by atoms with E-state index in [1.807, 2.05) is 12.1 Å². The van der Waals surface area contributed by atoms with Gasteiger partial charge in [0.05, 0.1) is 0 Å². The van der Waals surface area contributed by atoms with Crippen LogP contribution < -0.4 is 5.32 Å². The number of benzene rings is 1. The maximum Gasteiger partial charge on any atom is 0.293 e. The van der Waals surface area contributed by atoms with E-state index in [9.17, 15) is 4.79 Å². The summed E-state index contributed by atoms with van der Waals surface area (Å²) >= 11 is 7.07. The molecule has 0 aliphatic heterocycles. The van der Waals surface area contributed by atoms with Crippen LogP contribution in [0.15, 0.2) is 46.3 Å². The van der Waals surface area contributed by atoms with E-state index in [1.54, 1.807) is 24.3 Å². The second-order valence-electron chi connectivity index (χ2n) is 3.87. The minimum atomic E-state index is -0.359. The standard InChI is InChI=1S/C13H8ClN3O2S/c14-9-3-1-8(2-4-9)10-5-6-11(19-10)12(18)16-13-17-15-7-20-13/h1-7H,(H,16,17,18). The molecule has 0 fully saturated rings. The number of nitrogens with zero attached hydrogens (tertiary/aromatic N) is 2. The normalized spacial score (nSPS) is 10.4. The Hall–Kier alpha value is -2.18. The predicted molar refractivity (Wildman–Crippen MR) is 77.0 cm³/mol. The van der Waals surface area contributed by atoms with Gasteiger partial charge in [0.15, 0.2) is 5.76 Å². The largest absolute Gasteiger partial charge is 0.451 e. The summed E-state index contributed by atoms with van der Waals surface area (Å²) in [6, 6.07) is 10.5. The Labute approximate surface area is 123 Å². The number of carbonyl (C=O) groups is 1. The van der Waals surface area contributed by atoms with E-state index in [1.165, 1.54) is 16.8 Å². The molecule has 20 heavy (non-hydrogen) atoms. The highest BCUT2D eigenvalue weighted by Crippen LogP contribution is 2.24. The second kappa shape index (κ2) is 5.44. The first-order valence-electron chi connectivity index (χ1n) is 5.66. The van der Waals surface area contributed by atoms with E-state index in [4.69, 9.17) is 16.0 Å². The van der Waals surface area contributed by atoms with Crippen molar-refractivity contribution in [1.82, 2.24) is 10.2 Å². The van der Waals surface area contributed by atoms with Crippen LogP contribution >= 0.6 is 22.9 Å². The third-order valence-electron chi connectivity index (χ3n) is 2.54. The van der Waals surface area contributed by atoms with Crippen LogP contribution in [0.25, 0.3) is 11.3 Å². The number of carbonyl (C=O) groups excluding carboxylic acids is 1. The summed E-state index contributed by atoms with van der Waals surface area (Å²) < 4.78 is 5.52. The smallest absolute Gasteiger partial charge is 0.293 e. The zero-order chi connectivity index (χ0) is 13.9. The first-order chi connectivity index (χ1) is 9.72. The summed E-state index contributed by atoms with van der Waals surface area (Å²) in [7, 11) is 0. The molecule has 2 heterocycles. The minimum Gasteiger partial charge on any atom is -0.451 e. The van der Waals surface area contributed by atoms with Gasteiger partial charge in [0.2, 0.25) is 5.13 Å². The van der Waals surface area contributed by atoms with Gasteiger partial charge in [-0.1, -0.05) is 22.9 Å². The number of aromatic nitrogens is 2. The number of nitrogens with one attached hydrogen (secondary N) is 1. The summed E-state index contributed by atoms with van der Waals surface area (Å²) in [5.41, 5.74) is 2.39. The Morgan fingerprint density at radius 3 is 2.70 bits per heavy atom. The molecule has 2 aromatic heterocycles. The van der Waals surface area contributed by atoms with E-state index in [0.29, 0.717) is 15.9 Å². The van der Waals surface area contributed by atoms with Crippen molar-refractivity contribution in [3.63, 3.8) is 0 Å². The summed E-state index contributed by atoms with van der Waals surface area (Å²) in [6.45, 7) is 0. The van der Waals surface area contributed by atoms with Crippen LogP contribution in [0, 0.1) is 0 Å². The number of anilines is 1. The van der Waals surface area contributed by atoms with Crippen molar-refractivity contribution >= 4 is 34.0 Å². The number of amides is 1.